The van der Waals surface area contributed by atoms with Gasteiger partial charge >= 0.3 is 6.03 Å². The fourth-order valence-corrected chi connectivity index (χ4v) is 3.48. The van der Waals surface area contributed by atoms with Gasteiger partial charge in [-0.05, 0) is 69.1 Å². The Labute approximate surface area is 155 Å². The molecule has 0 aromatic heterocycles. The van der Waals surface area contributed by atoms with Crippen LogP contribution in [0.1, 0.15) is 30.9 Å². The molecule has 3 rings (SSSR count). The predicted octanol–water partition coefficient (Wildman–Crippen LogP) is -0.0267. The number of hydrogen-bond donors (Lipinski definition) is 7. The van der Waals surface area contributed by atoms with E-state index in [1.165, 1.54) is 11.1 Å². The minimum Gasteiger partial charge on any atom is -0.330 e. The molecule has 1 saturated heterocycles. The van der Waals surface area contributed by atoms with Crippen LogP contribution in [-0.4, -0.2) is 44.2 Å². The number of rotatable bonds is 6. The molecule has 26 heavy (non-hydrogen) atoms. The maximum atomic E-state index is 12.4. The monoisotopic (exact) mass is 361 g/mol. The first-order valence-electron chi connectivity index (χ1n) is 9.49. The van der Waals surface area contributed by atoms with Crippen LogP contribution in [0.15, 0.2) is 18.2 Å². The predicted molar refractivity (Wildman–Crippen MR) is 104 cm³/mol. The van der Waals surface area contributed by atoms with Gasteiger partial charge in [-0.25, -0.2) is 4.79 Å². The first-order chi connectivity index (χ1) is 12.6. The lowest BCUT2D eigenvalue weighted by Crippen LogP contribution is -2.67. The van der Waals surface area contributed by atoms with Crippen LogP contribution in [0.3, 0.4) is 0 Å². The average molecular weight is 361 g/mol. The smallest absolute Gasteiger partial charge is 0.321 e. The molecule has 2 aliphatic heterocycles. The minimum absolute atomic E-state index is 0.151. The van der Waals surface area contributed by atoms with Gasteiger partial charge in [-0.2, -0.15) is 0 Å². The molecular formula is C18H31N7O. The Morgan fingerprint density at radius 2 is 2.19 bits per heavy atom. The van der Waals surface area contributed by atoms with Gasteiger partial charge in [-0.15, -0.1) is 0 Å². The van der Waals surface area contributed by atoms with E-state index < -0.39 is 0 Å². The highest BCUT2D eigenvalue weighted by atomic mass is 16.2. The molecule has 2 amide bonds. The number of carbonyl (C=O) groups excluding carboxylic acids is 1. The zero-order valence-corrected chi connectivity index (χ0v) is 15.4. The molecule has 0 spiro atoms. The standard InChI is InChI=1S/C18H31N7O/c1-12-9-16(21-7-2-6-19)24-17(22-12)25-18(26)23-15-4-3-13-5-8-20-11-14(13)10-15/h3-4,10,12,16-17,20-22,24H,2,5-9,11,19H2,1H3,(H2,23,25,26). The second kappa shape index (κ2) is 9.29. The van der Waals surface area contributed by atoms with Gasteiger partial charge in [0.15, 0.2) is 0 Å². The van der Waals surface area contributed by atoms with Crippen LogP contribution >= 0.6 is 0 Å². The van der Waals surface area contributed by atoms with E-state index in [1.807, 2.05) is 12.1 Å². The van der Waals surface area contributed by atoms with Gasteiger partial charge in [0.05, 0.1) is 6.17 Å². The van der Waals surface area contributed by atoms with Crippen molar-refractivity contribution in [2.75, 3.05) is 25.0 Å². The Balaban J connectivity index is 1.50. The normalized spacial score (nSPS) is 25.4. The average Bonchev–Trinajstić information content (AvgIpc) is 2.61. The molecule has 3 unspecified atom stereocenters. The van der Waals surface area contributed by atoms with E-state index in [4.69, 9.17) is 5.73 Å². The molecule has 0 aliphatic carbocycles. The lowest BCUT2D eigenvalue weighted by Gasteiger charge is -2.36. The summed E-state index contributed by atoms with van der Waals surface area (Å²) in [4.78, 5) is 12.4. The molecule has 0 bridgehead atoms. The van der Waals surface area contributed by atoms with Crippen molar-refractivity contribution in [2.45, 2.75) is 51.2 Å². The van der Waals surface area contributed by atoms with Crippen LogP contribution in [0.2, 0.25) is 0 Å². The summed E-state index contributed by atoms with van der Waals surface area (Å²) in [6, 6.07) is 6.18. The van der Waals surface area contributed by atoms with E-state index >= 15 is 0 Å². The van der Waals surface area contributed by atoms with Gasteiger partial charge in [0, 0.05) is 18.3 Å². The van der Waals surface area contributed by atoms with Crippen LogP contribution in [-0.2, 0) is 13.0 Å². The van der Waals surface area contributed by atoms with Crippen molar-refractivity contribution >= 4 is 11.7 Å². The van der Waals surface area contributed by atoms with Gasteiger partial charge in [0.25, 0.3) is 0 Å². The Hall–Kier alpha value is -1.71. The summed E-state index contributed by atoms with van der Waals surface area (Å²) in [5, 5.41) is 19.4. The molecule has 0 radical (unpaired) electrons. The van der Waals surface area contributed by atoms with Gasteiger partial charge < -0.3 is 27.0 Å². The number of nitrogens with one attached hydrogen (secondary N) is 6. The number of hydrogen-bond acceptors (Lipinski definition) is 6. The zero-order valence-electron chi connectivity index (χ0n) is 15.4. The molecule has 0 saturated carbocycles. The number of anilines is 1. The zero-order chi connectivity index (χ0) is 18.4. The minimum atomic E-state index is -0.284. The molecule has 3 atom stereocenters. The van der Waals surface area contributed by atoms with Gasteiger partial charge in [0.2, 0.25) is 0 Å². The second-order valence-electron chi connectivity index (χ2n) is 7.06. The van der Waals surface area contributed by atoms with Crippen LogP contribution in [0.4, 0.5) is 10.5 Å². The van der Waals surface area contributed by atoms with Crippen molar-refractivity contribution in [3.63, 3.8) is 0 Å². The first-order valence-corrected chi connectivity index (χ1v) is 9.49. The molecule has 1 fully saturated rings. The van der Waals surface area contributed by atoms with E-state index in [1.54, 1.807) is 0 Å². The number of carbonyl (C=O) groups is 1. The van der Waals surface area contributed by atoms with Crippen LogP contribution in [0.25, 0.3) is 0 Å². The molecule has 2 heterocycles. The number of urea groups is 1. The quantitative estimate of drug-likeness (QED) is 0.358. The largest absolute Gasteiger partial charge is 0.330 e. The Bertz CT molecular complexity index is 609. The summed E-state index contributed by atoms with van der Waals surface area (Å²) in [7, 11) is 0. The third-order valence-electron chi connectivity index (χ3n) is 4.81. The maximum Gasteiger partial charge on any atom is 0.321 e. The SMILES string of the molecule is CC1CC(NCCCN)NC(NC(=O)Nc2ccc3c(c2)CNCC3)N1. The van der Waals surface area contributed by atoms with Crippen LogP contribution < -0.4 is 37.6 Å². The molecule has 144 valence electrons. The van der Waals surface area contributed by atoms with E-state index in [-0.39, 0.29) is 18.5 Å². The third kappa shape index (κ3) is 5.39. The summed E-state index contributed by atoms with van der Waals surface area (Å²) >= 11 is 0. The fraction of sp³-hybridized carbons (Fsp3) is 0.611. The van der Waals surface area contributed by atoms with Crippen LogP contribution in [0, 0.1) is 0 Å². The van der Waals surface area contributed by atoms with E-state index in [0.717, 1.165) is 44.6 Å². The number of benzene rings is 1. The lowest BCUT2D eigenvalue weighted by atomic mass is 10.0. The number of amides is 2. The van der Waals surface area contributed by atoms with E-state index in [9.17, 15) is 4.79 Å². The highest BCUT2D eigenvalue weighted by molar-refractivity contribution is 5.89. The van der Waals surface area contributed by atoms with Crippen LogP contribution in [0.5, 0.6) is 0 Å². The number of nitrogens with two attached hydrogens (primary N) is 1. The van der Waals surface area contributed by atoms with Crippen molar-refractivity contribution in [3.05, 3.63) is 29.3 Å². The Morgan fingerprint density at radius 1 is 1.31 bits per heavy atom. The van der Waals surface area contributed by atoms with Gasteiger partial charge in [-0.1, -0.05) is 6.07 Å². The second-order valence-corrected chi connectivity index (χ2v) is 7.06. The Kier molecular flexibility index (Phi) is 6.81. The highest BCUT2D eigenvalue weighted by Crippen LogP contribution is 2.18. The van der Waals surface area contributed by atoms with Crippen molar-refractivity contribution in [3.8, 4) is 0 Å². The molecule has 8 nitrogen and oxygen atoms in total. The van der Waals surface area contributed by atoms with Crippen molar-refractivity contribution in [2.24, 2.45) is 5.73 Å². The molecule has 2 aliphatic rings. The maximum absolute atomic E-state index is 12.4. The van der Waals surface area contributed by atoms with E-state index in [2.05, 4.69) is 44.9 Å². The van der Waals surface area contributed by atoms with Crippen molar-refractivity contribution < 1.29 is 4.79 Å². The van der Waals surface area contributed by atoms with E-state index in [0.29, 0.717) is 12.6 Å². The molecular weight excluding hydrogens is 330 g/mol. The number of fused-ring (bicyclic) bond motifs is 1. The summed E-state index contributed by atoms with van der Waals surface area (Å²) < 4.78 is 0. The first kappa shape index (κ1) is 19.1. The summed E-state index contributed by atoms with van der Waals surface area (Å²) in [5.74, 6) is 0. The third-order valence-corrected chi connectivity index (χ3v) is 4.81. The molecule has 1 aromatic rings. The fourth-order valence-electron chi connectivity index (χ4n) is 3.48. The molecule has 8 N–H and O–H groups in total. The van der Waals surface area contributed by atoms with Crippen molar-refractivity contribution in [1.29, 1.82) is 0 Å². The molecule has 8 heteroatoms. The summed E-state index contributed by atoms with van der Waals surface area (Å²) in [5.41, 5.74) is 8.95. The molecule has 1 aromatic carbocycles. The highest BCUT2D eigenvalue weighted by Gasteiger charge is 2.25. The van der Waals surface area contributed by atoms with Crippen molar-refractivity contribution in [1.82, 2.24) is 26.6 Å². The topological polar surface area (TPSA) is 115 Å². The van der Waals surface area contributed by atoms with Gasteiger partial charge in [-0.3, -0.25) is 10.6 Å². The summed E-state index contributed by atoms with van der Waals surface area (Å²) in [6.07, 6.45) is 2.79. The summed E-state index contributed by atoms with van der Waals surface area (Å²) in [6.45, 7) is 5.52. The lowest BCUT2D eigenvalue weighted by molar-refractivity contribution is 0.193. The Morgan fingerprint density at radius 3 is 3.04 bits per heavy atom. The van der Waals surface area contributed by atoms with Gasteiger partial charge in [0.1, 0.15) is 6.29 Å².